The highest BCUT2D eigenvalue weighted by molar-refractivity contribution is 7.92. The van der Waals surface area contributed by atoms with E-state index in [0.717, 1.165) is 10.7 Å². The van der Waals surface area contributed by atoms with Gasteiger partial charge in [-0.15, -0.1) is 11.3 Å². The van der Waals surface area contributed by atoms with Gasteiger partial charge in [-0.3, -0.25) is 9.52 Å². The molecule has 1 atom stereocenters. The Morgan fingerprint density at radius 2 is 1.79 bits per heavy atom. The summed E-state index contributed by atoms with van der Waals surface area (Å²) in [7, 11) is -3.71. The first-order valence-corrected chi connectivity index (χ1v) is 11.2. The second-order valence-corrected chi connectivity index (χ2v) is 8.83. The Morgan fingerprint density at radius 3 is 2.36 bits per heavy atom. The molecule has 0 saturated heterocycles. The number of hydrogen-bond acceptors (Lipinski definition) is 5. The number of aromatic nitrogens is 1. The smallest absolute Gasteiger partial charge is 0.261 e. The van der Waals surface area contributed by atoms with E-state index >= 15 is 0 Å². The van der Waals surface area contributed by atoms with Gasteiger partial charge in [0.1, 0.15) is 5.01 Å². The fourth-order valence-electron chi connectivity index (χ4n) is 2.62. The van der Waals surface area contributed by atoms with Crippen molar-refractivity contribution in [1.82, 2.24) is 10.3 Å². The van der Waals surface area contributed by atoms with Crippen molar-refractivity contribution >= 4 is 33.0 Å². The molecule has 0 aliphatic heterocycles. The molecule has 3 rings (SSSR count). The molecule has 0 saturated carbocycles. The van der Waals surface area contributed by atoms with E-state index in [4.69, 9.17) is 0 Å². The molecule has 1 amide bonds. The van der Waals surface area contributed by atoms with E-state index in [2.05, 4.69) is 15.0 Å². The van der Waals surface area contributed by atoms with Gasteiger partial charge in [-0.25, -0.2) is 13.4 Å². The second-order valence-electron chi connectivity index (χ2n) is 6.26. The van der Waals surface area contributed by atoms with E-state index in [-0.39, 0.29) is 16.8 Å². The summed E-state index contributed by atoms with van der Waals surface area (Å²) in [5.74, 6) is -0.264. The zero-order valence-electron chi connectivity index (χ0n) is 15.5. The van der Waals surface area contributed by atoms with Crippen molar-refractivity contribution in [2.24, 2.45) is 0 Å². The monoisotopic (exact) mass is 415 g/mol. The van der Waals surface area contributed by atoms with Gasteiger partial charge in [-0.2, -0.15) is 0 Å². The van der Waals surface area contributed by atoms with Crippen LogP contribution in [-0.2, 0) is 10.0 Å². The molecule has 1 aromatic heterocycles. The topological polar surface area (TPSA) is 88.2 Å². The lowest BCUT2D eigenvalue weighted by atomic mass is 10.1. The van der Waals surface area contributed by atoms with Gasteiger partial charge in [0.05, 0.1) is 10.9 Å². The van der Waals surface area contributed by atoms with Crippen LogP contribution < -0.4 is 10.0 Å². The number of carbonyl (C=O) groups excluding carboxylic acids is 1. The van der Waals surface area contributed by atoms with Crippen LogP contribution in [0.4, 0.5) is 5.69 Å². The summed E-state index contributed by atoms with van der Waals surface area (Å²) in [6.45, 7) is 3.89. The summed E-state index contributed by atoms with van der Waals surface area (Å²) in [6.07, 6.45) is 0.714. The van der Waals surface area contributed by atoms with Crippen molar-refractivity contribution in [3.8, 4) is 0 Å². The normalized spacial score (nSPS) is 12.4. The number of amides is 1. The summed E-state index contributed by atoms with van der Waals surface area (Å²) < 4.78 is 27.5. The number of aryl methyl sites for hydroxylation is 1. The van der Waals surface area contributed by atoms with E-state index in [1.165, 1.54) is 35.6 Å². The maximum Gasteiger partial charge on any atom is 0.261 e. The first-order chi connectivity index (χ1) is 13.4. The summed E-state index contributed by atoms with van der Waals surface area (Å²) in [4.78, 5) is 17.1. The lowest BCUT2D eigenvalue weighted by Crippen LogP contribution is -2.28. The zero-order valence-corrected chi connectivity index (χ0v) is 17.2. The van der Waals surface area contributed by atoms with Gasteiger partial charge in [0, 0.05) is 22.3 Å². The number of hydrogen-bond donors (Lipinski definition) is 2. The SMILES string of the molecule is CCC(NC(=O)c1ccc(S(=O)(=O)Nc2ccccc2)cc1)c1nc(C)cs1. The molecule has 1 unspecified atom stereocenters. The van der Waals surface area contributed by atoms with Crippen LogP contribution in [-0.4, -0.2) is 19.3 Å². The number of para-hydroxylation sites is 1. The van der Waals surface area contributed by atoms with Crippen LogP contribution >= 0.6 is 11.3 Å². The predicted octanol–water partition coefficient (Wildman–Crippen LogP) is 4.13. The largest absolute Gasteiger partial charge is 0.343 e. The quantitative estimate of drug-likeness (QED) is 0.607. The fourth-order valence-corrected chi connectivity index (χ4v) is 4.61. The Hall–Kier alpha value is -2.71. The third-order valence-electron chi connectivity index (χ3n) is 4.10. The third kappa shape index (κ3) is 4.76. The molecule has 0 spiro atoms. The Balaban J connectivity index is 1.71. The molecular weight excluding hydrogens is 394 g/mol. The Kier molecular flexibility index (Phi) is 6.11. The maximum atomic E-state index is 12.5. The first-order valence-electron chi connectivity index (χ1n) is 8.80. The number of rotatable bonds is 7. The molecule has 6 nitrogen and oxygen atoms in total. The Labute approximate surface area is 168 Å². The lowest BCUT2D eigenvalue weighted by molar-refractivity contribution is 0.0935. The summed E-state index contributed by atoms with van der Waals surface area (Å²) >= 11 is 1.51. The van der Waals surface area contributed by atoms with Crippen molar-refractivity contribution in [3.05, 3.63) is 76.2 Å². The van der Waals surface area contributed by atoms with Crippen LogP contribution in [0.3, 0.4) is 0 Å². The number of nitrogens with one attached hydrogen (secondary N) is 2. The van der Waals surface area contributed by atoms with Gasteiger partial charge in [-0.05, 0) is 49.7 Å². The van der Waals surface area contributed by atoms with Crippen molar-refractivity contribution in [3.63, 3.8) is 0 Å². The molecule has 0 aliphatic carbocycles. The predicted molar refractivity (Wildman–Crippen MR) is 111 cm³/mol. The molecule has 0 bridgehead atoms. The summed E-state index contributed by atoms with van der Waals surface area (Å²) in [5, 5.41) is 5.76. The minimum absolute atomic E-state index is 0.0930. The van der Waals surface area contributed by atoms with Gasteiger partial charge in [0.15, 0.2) is 0 Å². The molecular formula is C20H21N3O3S2. The van der Waals surface area contributed by atoms with Gasteiger partial charge in [-0.1, -0.05) is 25.1 Å². The third-order valence-corrected chi connectivity index (χ3v) is 6.57. The molecule has 2 N–H and O–H groups in total. The van der Waals surface area contributed by atoms with Crippen molar-refractivity contribution < 1.29 is 13.2 Å². The van der Waals surface area contributed by atoms with Gasteiger partial charge >= 0.3 is 0 Å². The van der Waals surface area contributed by atoms with Crippen LogP contribution in [0.15, 0.2) is 64.9 Å². The molecule has 28 heavy (non-hydrogen) atoms. The average molecular weight is 416 g/mol. The minimum Gasteiger partial charge on any atom is -0.343 e. The molecule has 1 heterocycles. The standard InChI is InChI=1S/C20H21N3O3S2/c1-3-18(20-21-14(2)13-27-20)22-19(24)15-9-11-17(12-10-15)28(25,26)23-16-7-5-4-6-8-16/h4-13,18,23H,3H2,1-2H3,(H,22,24). The molecule has 0 radical (unpaired) electrons. The zero-order chi connectivity index (χ0) is 20.1. The number of benzene rings is 2. The summed E-state index contributed by atoms with van der Waals surface area (Å²) in [5.41, 5.74) is 1.80. The van der Waals surface area contributed by atoms with Crippen molar-refractivity contribution in [2.45, 2.75) is 31.2 Å². The van der Waals surface area contributed by atoms with E-state index in [9.17, 15) is 13.2 Å². The van der Waals surface area contributed by atoms with Crippen LogP contribution in [0.5, 0.6) is 0 Å². The number of anilines is 1. The second kappa shape index (κ2) is 8.53. The molecule has 0 aliphatic rings. The van der Waals surface area contributed by atoms with Crippen LogP contribution in [0.25, 0.3) is 0 Å². The average Bonchev–Trinajstić information content (AvgIpc) is 3.12. The summed E-state index contributed by atoms with van der Waals surface area (Å²) in [6, 6.07) is 14.3. The van der Waals surface area contributed by atoms with Gasteiger partial charge in [0.25, 0.3) is 15.9 Å². The van der Waals surface area contributed by atoms with E-state index < -0.39 is 10.0 Å². The first kappa shape index (κ1) is 20.0. The minimum atomic E-state index is -3.71. The lowest BCUT2D eigenvalue weighted by Gasteiger charge is -2.15. The van der Waals surface area contributed by atoms with Crippen molar-refractivity contribution in [2.75, 3.05) is 4.72 Å². The molecule has 146 valence electrons. The molecule has 0 fully saturated rings. The fraction of sp³-hybridized carbons (Fsp3) is 0.200. The van der Waals surface area contributed by atoms with Crippen molar-refractivity contribution in [1.29, 1.82) is 0 Å². The Bertz CT molecular complexity index is 1050. The highest BCUT2D eigenvalue weighted by atomic mass is 32.2. The number of sulfonamides is 1. The number of carbonyl (C=O) groups is 1. The molecule has 3 aromatic rings. The van der Waals surface area contributed by atoms with Crippen LogP contribution in [0.1, 0.15) is 40.4 Å². The van der Waals surface area contributed by atoms with Crippen LogP contribution in [0.2, 0.25) is 0 Å². The Morgan fingerprint density at radius 1 is 1.11 bits per heavy atom. The van der Waals surface area contributed by atoms with E-state index in [0.29, 0.717) is 17.7 Å². The molecule has 2 aromatic carbocycles. The van der Waals surface area contributed by atoms with Gasteiger partial charge < -0.3 is 5.32 Å². The number of nitrogens with zero attached hydrogens (tertiary/aromatic N) is 1. The van der Waals surface area contributed by atoms with Crippen LogP contribution in [0, 0.1) is 6.92 Å². The molecule has 8 heteroatoms. The number of thiazole rings is 1. The van der Waals surface area contributed by atoms with Gasteiger partial charge in [0.2, 0.25) is 0 Å². The van der Waals surface area contributed by atoms with E-state index in [1.54, 1.807) is 24.3 Å². The maximum absolute atomic E-state index is 12.5. The highest BCUT2D eigenvalue weighted by Crippen LogP contribution is 2.22. The van der Waals surface area contributed by atoms with E-state index in [1.807, 2.05) is 25.3 Å². The highest BCUT2D eigenvalue weighted by Gasteiger charge is 2.18.